The zero-order chi connectivity index (χ0) is 21.8. The molecular formula is C22H23ClN2O4S. The topological polar surface area (TPSA) is 60.0 Å². The second kappa shape index (κ2) is 9.36. The van der Waals surface area contributed by atoms with Crippen LogP contribution < -0.4 is 19.7 Å². The molecule has 1 aliphatic heterocycles. The van der Waals surface area contributed by atoms with E-state index in [0.29, 0.717) is 39.5 Å². The number of carbonyl (C=O) groups excluding carboxylic acids is 1. The van der Waals surface area contributed by atoms with E-state index in [2.05, 4.69) is 5.32 Å². The van der Waals surface area contributed by atoms with Crippen molar-refractivity contribution in [1.82, 2.24) is 5.32 Å². The highest BCUT2D eigenvalue weighted by Crippen LogP contribution is 2.37. The fourth-order valence-electron chi connectivity index (χ4n) is 3.41. The van der Waals surface area contributed by atoms with Crippen molar-refractivity contribution in [2.45, 2.75) is 19.9 Å². The van der Waals surface area contributed by atoms with Crippen LogP contribution in [-0.2, 0) is 9.53 Å². The Morgan fingerprint density at radius 2 is 1.87 bits per heavy atom. The van der Waals surface area contributed by atoms with Crippen LogP contribution in [0.4, 0.5) is 5.69 Å². The Morgan fingerprint density at radius 3 is 2.47 bits per heavy atom. The highest BCUT2D eigenvalue weighted by Gasteiger charge is 2.35. The van der Waals surface area contributed by atoms with Crippen LogP contribution in [0, 0.1) is 0 Å². The van der Waals surface area contributed by atoms with Gasteiger partial charge >= 0.3 is 5.97 Å². The number of carbonyl (C=O) groups is 1. The molecule has 8 heteroatoms. The molecule has 0 radical (unpaired) electrons. The zero-order valence-corrected chi connectivity index (χ0v) is 18.8. The lowest BCUT2D eigenvalue weighted by atomic mass is 9.94. The molecule has 1 N–H and O–H groups in total. The molecule has 0 amide bonds. The van der Waals surface area contributed by atoms with Crippen LogP contribution in [0.15, 0.2) is 53.7 Å². The summed E-state index contributed by atoms with van der Waals surface area (Å²) >= 11 is 11.7. The summed E-state index contributed by atoms with van der Waals surface area (Å²) < 4.78 is 16.2. The number of halogens is 1. The Balaban J connectivity index is 2.12. The number of esters is 1. The first kappa shape index (κ1) is 21.9. The van der Waals surface area contributed by atoms with Gasteiger partial charge in [-0.05, 0) is 68.0 Å². The lowest BCUT2D eigenvalue weighted by molar-refractivity contribution is -0.136. The molecule has 2 aromatic carbocycles. The molecule has 1 atom stereocenters. The van der Waals surface area contributed by atoms with Gasteiger partial charge in [0.2, 0.25) is 0 Å². The van der Waals surface area contributed by atoms with Crippen molar-refractivity contribution in [3.63, 3.8) is 0 Å². The van der Waals surface area contributed by atoms with Gasteiger partial charge in [0, 0.05) is 16.4 Å². The summed E-state index contributed by atoms with van der Waals surface area (Å²) in [5.74, 6) is 0.759. The number of allylic oxidation sites excluding steroid dienone is 1. The molecule has 3 rings (SSSR count). The fraction of sp³-hybridized carbons (Fsp3) is 0.273. The first-order chi connectivity index (χ1) is 14.4. The quantitative estimate of drug-likeness (QED) is 0.512. The highest BCUT2D eigenvalue weighted by molar-refractivity contribution is 7.80. The Kier molecular flexibility index (Phi) is 6.84. The van der Waals surface area contributed by atoms with Crippen LogP contribution in [0.3, 0.4) is 0 Å². The first-order valence-electron chi connectivity index (χ1n) is 9.37. The number of rotatable bonds is 6. The number of nitrogens with zero attached hydrogens (tertiary/aromatic N) is 1. The maximum absolute atomic E-state index is 12.8. The minimum absolute atomic E-state index is 0.444. The van der Waals surface area contributed by atoms with Crippen LogP contribution in [0.2, 0.25) is 5.02 Å². The fourth-order valence-corrected chi connectivity index (χ4v) is 3.90. The summed E-state index contributed by atoms with van der Waals surface area (Å²) in [7, 11) is 2.94. The van der Waals surface area contributed by atoms with Crippen LogP contribution in [0.5, 0.6) is 11.5 Å². The van der Waals surface area contributed by atoms with Crippen molar-refractivity contribution in [1.29, 1.82) is 0 Å². The molecule has 1 heterocycles. The maximum Gasteiger partial charge on any atom is 0.337 e. The monoisotopic (exact) mass is 446 g/mol. The molecule has 6 nitrogen and oxygen atoms in total. The van der Waals surface area contributed by atoms with Gasteiger partial charge in [0.1, 0.15) is 0 Å². The molecule has 0 fully saturated rings. The number of nitrogens with one attached hydrogen (secondary N) is 1. The third-order valence-corrected chi connectivity index (χ3v) is 5.35. The third kappa shape index (κ3) is 4.22. The Bertz CT molecular complexity index is 991. The Hall–Kier alpha value is -2.77. The van der Waals surface area contributed by atoms with Crippen LogP contribution in [0.1, 0.15) is 25.5 Å². The molecule has 0 saturated heterocycles. The van der Waals surface area contributed by atoms with Gasteiger partial charge in [-0.2, -0.15) is 0 Å². The minimum atomic E-state index is -0.501. The van der Waals surface area contributed by atoms with Gasteiger partial charge in [0.25, 0.3) is 0 Å². The molecule has 0 aromatic heterocycles. The number of anilines is 1. The van der Waals surface area contributed by atoms with E-state index >= 15 is 0 Å². The third-order valence-electron chi connectivity index (χ3n) is 4.80. The molecular weight excluding hydrogens is 424 g/mol. The van der Waals surface area contributed by atoms with Crippen LogP contribution in [-0.4, -0.2) is 31.9 Å². The number of hydrogen-bond donors (Lipinski definition) is 1. The van der Waals surface area contributed by atoms with Crippen molar-refractivity contribution < 1.29 is 19.0 Å². The van der Waals surface area contributed by atoms with E-state index in [9.17, 15) is 4.79 Å². The Labute approximate surface area is 186 Å². The summed E-state index contributed by atoms with van der Waals surface area (Å²) in [4.78, 5) is 14.6. The van der Waals surface area contributed by atoms with E-state index in [-0.39, 0.29) is 0 Å². The highest BCUT2D eigenvalue weighted by atomic mass is 35.5. The standard InChI is InChI=1S/C22H23ClN2O4S/c1-5-29-18-12-14(6-11-17(18)27-3)20-19(21(26)28-4)13(2)25(22(30)24-20)16-9-7-15(23)8-10-16/h6-12,20H,5H2,1-4H3,(H,24,30). The first-order valence-corrected chi connectivity index (χ1v) is 10.2. The van der Waals surface area contributed by atoms with Gasteiger partial charge in [-0.1, -0.05) is 17.7 Å². The smallest absolute Gasteiger partial charge is 0.337 e. The number of ether oxygens (including phenoxy) is 3. The predicted octanol–water partition coefficient (Wildman–Crippen LogP) is 4.63. The maximum atomic E-state index is 12.8. The molecule has 0 aliphatic carbocycles. The van der Waals surface area contributed by atoms with Gasteiger partial charge in [0.05, 0.1) is 32.4 Å². The molecule has 0 saturated carbocycles. The van der Waals surface area contributed by atoms with E-state index in [1.54, 1.807) is 30.2 Å². The largest absolute Gasteiger partial charge is 0.493 e. The summed E-state index contributed by atoms with van der Waals surface area (Å²) in [6.07, 6.45) is 0. The summed E-state index contributed by atoms with van der Waals surface area (Å²) in [5.41, 5.74) is 2.72. The van der Waals surface area contributed by atoms with E-state index < -0.39 is 12.0 Å². The van der Waals surface area contributed by atoms with E-state index in [1.165, 1.54) is 7.11 Å². The van der Waals surface area contributed by atoms with Crippen LogP contribution >= 0.6 is 23.8 Å². The number of methoxy groups -OCH3 is 2. The van der Waals surface area contributed by atoms with Gasteiger partial charge in [-0.25, -0.2) is 4.79 Å². The predicted molar refractivity (Wildman–Crippen MR) is 121 cm³/mol. The molecule has 1 unspecified atom stereocenters. The molecule has 158 valence electrons. The lowest BCUT2D eigenvalue weighted by Gasteiger charge is -2.37. The van der Waals surface area contributed by atoms with E-state index in [0.717, 1.165) is 11.3 Å². The second-order valence-electron chi connectivity index (χ2n) is 6.53. The summed E-state index contributed by atoms with van der Waals surface area (Å²) in [5, 5.41) is 4.34. The van der Waals surface area contributed by atoms with Crippen LogP contribution in [0.25, 0.3) is 0 Å². The van der Waals surface area contributed by atoms with Gasteiger partial charge in [0.15, 0.2) is 16.6 Å². The van der Waals surface area contributed by atoms with Crippen molar-refractivity contribution in [2.24, 2.45) is 0 Å². The van der Waals surface area contributed by atoms with Crippen molar-refractivity contribution in [2.75, 3.05) is 25.7 Å². The molecule has 2 aromatic rings. The average Bonchev–Trinajstić information content (AvgIpc) is 2.74. The van der Waals surface area contributed by atoms with Crippen molar-refractivity contribution in [3.8, 4) is 11.5 Å². The SMILES string of the molecule is CCOc1cc(C2NC(=S)N(c3ccc(Cl)cc3)C(C)=C2C(=O)OC)ccc1OC. The van der Waals surface area contributed by atoms with E-state index in [1.807, 2.05) is 38.1 Å². The summed E-state index contributed by atoms with van der Waals surface area (Å²) in [6.45, 7) is 4.22. The zero-order valence-electron chi connectivity index (χ0n) is 17.2. The van der Waals surface area contributed by atoms with Gasteiger partial charge in [-0.15, -0.1) is 0 Å². The van der Waals surface area contributed by atoms with E-state index in [4.69, 9.17) is 38.0 Å². The molecule has 0 bridgehead atoms. The number of hydrogen-bond acceptors (Lipinski definition) is 5. The number of benzene rings is 2. The molecule has 1 aliphatic rings. The summed E-state index contributed by atoms with van der Waals surface area (Å²) in [6, 6.07) is 12.3. The molecule has 30 heavy (non-hydrogen) atoms. The normalized spacial score (nSPS) is 16.2. The van der Waals surface area contributed by atoms with Crippen molar-refractivity contribution >= 4 is 40.6 Å². The lowest BCUT2D eigenvalue weighted by Crippen LogP contribution is -2.48. The van der Waals surface area contributed by atoms with Gasteiger partial charge < -0.3 is 19.5 Å². The second-order valence-corrected chi connectivity index (χ2v) is 7.35. The van der Waals surface area contributed by atoms with Gasteiger partial charge in [-0.3, -0.25) is 4.90 Å². The average molecular weight is 447 g/mol. The Morgan fingerprint density at radius 1 is 1.17 bits per heavy atom. The van der Waals surface area contributed by atoms with Crippen molar-refractivity contribution in [3.05, 3.63) is 64.3 Å². The minimum Gasteiger partial charge on any atom is -0.493 e. The molecule has 0 spiro atoms. The number of thiocarbonyl (C=S) groups is 1.